The zero-order valence-corrected chi connectivity index (χ0v) is 20.3. The van der Waals surface area contributed by atoms with Crippen molar-refractivity contribution in [2.24, 2.45) is 0 Å². The van der Waals surface area contributed by atoms with E-state index in [4.69, 9.17) is 0 Å². The Hall–Kier alpha value is -4.47. The average Bonchev–Trinajstić information content (AvgIpc) is 3.25. The molecule has 0 radical (unpaired) electrons. The molecular formula is C28H22F4N4O2. The third-order valence-corrected chi connectivity index (χ3v) is 6.61. The summed E-state index contributed by atoms with van der Waals surface area (Å²) in [7, 11) is 1.55. The molecule has 0 fully saturated rings. The summed E-state index contributed by atoms with van der Waals surface area (Å²) in [4.78, 5) is 28.3. The van der Waals surface area contributed by atoms with E-state index in [1.54, 1.807) is 18.7 Å². The molecule has 1 N–H and O–H groups in total. The lowest BCUT2D eigenvalue weighted by Crippen LogP contribution is -2.54. The summed E-state index contributed by atoms with van der Waals surface area (Å²) >= 11 is 0. The number of carbonyl (C=O) groups is 2. The molecule has 194 valence electrons. The summed E-state index contributed by atoms with van der Waals surface area (Å²) in [6.07, 6.45) is -4.63. The Morgan fingerprint density at radius 2 is 1.66 bits per heavy atom. The van der Waals surface area contributed by atoms with E-state index < -0.39 is 41.3 Å². The number of alkyl halides is 3. The minimum Gasteiger partial charge on any atom is -0.339 e. The molecule has 10 heteroatoms. The molecule has 2 amide bonds. The summed E-state index contributed by atoms with van der Waals surface area (Å²) in [6, 6.07) is 17.5. The highest BCUT2D eigenvalue weighted by Crippen LogP contribution is 2.43. The van der Waals surface area contributed by atoms with E-state index in [0.29, 0.717) is 28.3 Å². The molecule has 0 saturated carbocycles. The Morgan fingerprint density at radius 1 is 0.974 bits per heavy atom. The van der Waals surface area contributed by atoms with Gasteiger partial charge < -0.3 is 5.32 Å². The minimum absolute atomic E-state index is 0.240. The number of nitrogens with zero attached hydrogens (tertiary/aromatic N) is 3. The Bertz CT molecular complexity index is 1510. The van der Waals surface area contributed by atoms with Crippen LogP contribution in [0.15, 0.2) is 78.9 Å². The number of aryl methyl sites for hydroxylation is 1. The highest BCUT2D eigenvalue weighted by atomic mass is 19.4. The van der Waals surface area contributed by atoms with Crippen molar-refractivity contribution in [3.63, 3.8) is 0 Å². The zero-order chi connectivity index (χ0) is 27.2. The number of nitrogens with one attached hydrogen (secondary N) is 1. The molecule has 2 heterocycles. The first-order valence-corrected chi connectivity index (χ1v) is 11.7. The monoisotopic (exact) mass is 522 g/mol. The predicted molar refractivity (Wildman–Crippen MR) is 133 cm³/mol. The molecule has 38 heavy (non-hydrogen) atoms. The van der Waals surface area contributed by atoms with E-state index in [1.807, 2.05) is 30.3 Å². The molecule has 2 atom stereocenters. The quantitative estimate of drug-likeness (QED) is 0.373. The number of hydrogen-bond donors (Lipinski definition) is 1. The number of anilines is 1. The van der Waals surface area contributed by atoms with E-state index in [9.17, 15) is 27.2 Å². The number of hydrogen-bond acceptors (Lipinski definition) is 3. The third kappa shape index (κ3) is 4.42. The van der Waals surface area contributed by atoms with Gasteiger partial charge in [0.1, 0.15) is 17.7 Å². The van der Waals surface area contributed by atoms with Gasteiger partial charge in [0.05, 0.1) is 16.9 Å². The van der Waals surface area contributed by atoms with E-state index in [0.717, 1.165) is 18.2 Å². The van der Waals surface area contributed by atoms with Crippen LogP contribution in [0.3, 0.4) is 0 Å². The third-order valence-electron chi connectivity index (χ3n) is 6.61. The number of halogens is 4. The highest BCUT2D eigenvalue weighted by molar-refractivity contribution is 6.05. The molecular weight excluding hydrogens is 500 g/mol. The maximum absolute atomic E-state index is 13.8. The first-order chi connectivity index (χ1) is 18.1. The lowest BCUT2D eigenvalue weighted by Gasteiger charge is -2.37. The Balaban J connectivity index is 1.62. The summed E-state index contributed by atoms with van der Waals surface area (Å²) < 4.78 is 55.1. The van der Waals surface area contributed by atoms with Crippen LogP contribution in [-0.4, -0.2) is 34.7 Å². The van der Waals surface area contributed by atoms with Gasteiger partial charge in [-0.05, 0) is 55.0 Å². The summed E-state index contributed by atoms with van der Waals surface area (Å²) in [5, 5.41) is 7.31. The van der Waals surface area contributed by atoms with Gasteiger partial charge in [0, 0.05) is 24.1 Å². The molecule has 0 spiro atoms. The molecule has 0 aliphatic carbocycles. The predicted octanol–water partition coefficient (Wildman–Crippen LogP) is 5.25. The van der Waals surface area contributed by atoms with Crippen LogP contribution < -0.4 is 10.2 Å². The molecule has 1 aromatic heterocycles. The molecule has 0 saturated heterocycles. The smallest absolute Gasteiger partial charge is 0.339 e. The van der Waals surface area contributed by atoms with E-state index >= 15 is 0 Å². The highest BCUT2D eigenvalue weighted by Gasteiger charge is 2.45. The van der Waals surface area contributed by atoms with Crippen molar-refractivity contribution in [1.29, 1.82) is 0 Å². The fourth-order valence-electron chi connectivity index (χ4n) is 4.82. The number of amides is 2. The van der Waals surface area contributed by atoms with Crippen molar-refractivity contribution >= 4 is 17.6 Å². The zero-order valence-electron chi connectivity index (χ0n) is 20.3. The van der Waals surface area contributed by atoms with Crippen molar-refractivity contribution in [1.82, 2.24) is 15.1 Å². The number of benzene rings is 3. The second-order valence-corrected chi connectivity index (χ2v) is 9.03. The lowest BCUT2D eigenvalue weighted by atomic mass is 9.81. The van der Waals surface area contributed by atoms with Crippen LogP contribution in [0.5, 0.6) is 0 Å². The SMILES string of the molecule is Cc1nn(-c2ccccc2)c2c1[C@H](c1ccc(F)cc1)C(NC(=O)c1cccc(C(F)(F)F)c1)C(=O)N2C. The first-order valence-electron chi connectivity index (χ1n) is 11.7. The van der Waals surface area contributed by atoms with Crippen LogP contribution in [-0.2, 0) is 11.0 Å². The van der Waals surface area contributed by atoms with Gasteiger partial charge in [0.15, 0.2) is 0 Å². The molecule has 5 rings (SSSR count). The van der Waals surface area contributed by atoms with Crippen molar-refractivity contribution in [2.45, 2.75) is 25.1 Å². The van der Waals surface area contributed by atoms with Gasteiger partial charge >= 0.3 is 6.18 Å². The Morgan fingerprint density at radius 3 is 2.32 bits per heavy atom. The molecule has 1 aliphatic heterocycles. The van der Waals surface area contributed by atoms with Crippen LogP contribution in [0.4, 0.5) is 23.4 Å². The fourth-order valence-corrected chi connectivity index (χ4v) is 4.82. The molecule has 1 unspecified atom stereocenters. The lowest BCUT2D eigenvalue weighted by molar-refractivity contribution is -0.137. The van der Waals surface area contributed by atoms with E-state index in [-0.39, 0.29) is 5.56 Å². The van der Waals surface area contributed by atoms with Gasteiger partial charge in [-0.15, -0.1) is 0 Å². The van der Waals surface area contributed by atoms with Crippen LogP contribution in [0.2, 0.25) is 0 Å². The maximum atomic E-state index is 13.8. The molecule has 4 aromatic rings. The van der Waals surface area contributed by atoms with Gasteiger partial charge in [0.25, 0.3) is 11.8 Å². The number of para-hydroxylation sites is 1. The standard InChI is InChI=1S/C28H22F4N4O2/c1-16-22-23(17-11-13-20(29)14-12-17)24(33-25(37)18-7-6-8-19(15-18)28(30,31)32)27(38)35(2)26(22)36(34-16)21-9-4-3-5-10-21/h3-15,23-24H,1-2H3,(H,33,37)/t23-,24?/m0/s1. The number of aromatic nitrogens is 2. The summed E-state index contributed by atoms with van der Waals surface area (Å²) in [6.45, 7) is 1.77. The van der Waals surface area contributed by atoms with Crippen molar-refractivity contribution in [3.8, 4) is 5.69 Å². The van der Waals surface area contributed by atoms with Crippen LogP contribution in [0, 0.1) is 12.7 Å². The Kier molecular flexibility index (Phi) is 6.26. The number of carbonyl (C=O) groups excluding carboxylic acids is 2. The van der Waals surface area contributed by atoms with Crippen LogP contribution in [0.25, 0.3) is 5.69 Å². The first kappa shape index (κ1) is 25.2. The van der Waals surface area contributed by atoms with Gasteiger partial charge in [-0.1, -0.05) is 36.4 Å². The number of rotatable bonds is 4. The fraction of sp³-hybridized carbons (Fsp3) is 0.179. The van der Waals surface area contributed by atoms with Crippen molar-refractivity contribution in [3.05, 3.63) is 113 Å². The van der Waals surface area contributed by atoms with E-state index in [1.165, 1.54) is 35.2 Å². The molecule has 6 nitrogen and oxygen atoms in total. The van der Waals surface area contributed by atoms with Gasteiger partial charge in [-0.25, -0.2) is 9.07 Å². The number of fused-ring (bicyclic) bond motifs is 1. The maximum Gasteiger partial charge on any atom is 0.416 e. The molecule has 0 bridgehead atoms. The Labute approximate surface area is 215 Å². The summed E-state index contributed by atoms with van der Waals surface area (Å²) in [5.41, 5.74) is 1.25. The van der Waals surface area contributed by atoms with Crippen LogP contribution >= 0.6 is 0 Å². The second kappa shape index (κ2) is 9.44. The van der Waals surface area contributed by atoms with Crippen molar-refractivity contribution < 1.29 is 27.2 Å². The van der Waals surface area contributed by atoms with Gasteiger partial charge in [0.2, 0.25) is 0 Å². The van der Waals surface area contributed by atoms with Crippen molar-refractivity contribution in [2.75, 3.05) is 11.9 Å². The van der Waals surface area contributed by atoms with Gasteiger partial charge in [-0.2, -0.15) is 18.3 Å². The largest absolute Gasteiger partial charge is 0.416 e. The van der Waals surface area contributed by atoms with Gasteiger partial charge in [-0.3, -0.25) is 14.5 Å². The second-order valence-electron chi connectivity index (χ2n) is 9.03. The van der Waals surface area contributed by atoms with E-state index in [2.05, 4.69) is 10.4 Å². The minimum atomic E-state index is -4.63. The average molecular weight is 523 g/mol. The normalized spacial score (nSPS) is 17.3. The number of likely N-dealkylation sites (N-methyl/N-ethyl adjacent to an activating group) is 1. The molecule has 3 aromatic carbocycles. The topological polar surface area (TPSA) is 67.2 Å². The molecule has 1 aliphatic rings. The van der Waals surface area contributed by atoms with Crippen LogP contribution in [0.1, 0.15) is 38.7 Å². The summed E-state index contributed by atoms with van der Waals surface area (Å²) in [5.74, 6) is -2.11.